The molecule has 0 unspecified atom stereocenters. The van der Waals surface area contributed by atoms with E-state index in [0.29, 0.717) is 6.54 Å². The van der Waals surface area contributed by atoms with E-state index < -0.39 is 0 Å². The molecule has 2 aromatic rings. The molecule has 90 valence electrons. The van der Waals surface area contributed by atoms with Crippen LogP contribution >= 0.6 is 11.3 Å². The molecule has 0 radical (unpaired) electrons. The van der Waals surface area contributed by atoms with Crippen molar-refractivity contribution in [3.8, 4) is 0 Å². The Kier molecular flexibility index (Phi) is 4.12. The zero-order valence-corrected chi connectivity index (χ0v) is 10.8. The number of benzene rings is 1. The molecule has 2 N–H and O–H groups in total. The molecule has 2 rings (SSSR count). The molecule has 0 fully saturated rings. The van der Waals surface area contributed by atoms with E-state index in [1.54, 1.807) is 11.3 Å². The van der Waals surface area contributed by atoms with Crippen molar-refractivity contribution in [2.75, 3.05) is 18.0 Å². The molecular formula is C13H17N3S. The number of hydrogen-bond donors (Lipinski definition) is 1. The molecule has 1 aromatic heterocycles. The number of aromatic nitrogens is 1. The third-order valence-corrected chi connectivity index (χ3v) is 3.34. The predicted molar refractivity (Wildman–Crippen MR) is 74.0 cm³/mol. The number of anilines is 2. The lowest BCUT2D eigenvalue weighted by Gasteiger charge is -2.22. The van der Waals surface area contributed by atoms with Crippen LogP contribution in [0.3, 0.4) is 0 Å². The van der Waals surface area contributed by atoms with Crippen LogP contribution in [-0.2, 0) is 0 Å². The fourth-order valence-corrected chi connectivity index (χ4v) is 2.42. The van der Waals surface area contributed by atoms with Crippen molar-refractivity contribution in [1.29, 1.82) is 0 Å². The number of thiazole rings is 1. The van der Waals surface area contributed by atoms with Crippen LogP contribution in [-0.4, -0.2) is 18.1 Å². The molecule has 0 aliphatic rings. The third kappa shape index (κ3) is 3.05. The maximum Gasteiger partial charge on any atom is 0.189 e. The molecule has 0 saturated carbocycles. The molecular weight excluding hydrogens is 230 g/mol. The SMILES string of the molecule is Cc1cccc(N(CCCN)c2nccs2)c1. The molecule has 0 amide bonds. The molecule has 0 aliphatic heterocycles. The summed E-state index contributed by atoms with van der Waals surface area (Å²) in [5.74, 6) is 0. The van der Waals surface area contributed by atoms with Gasteiger partial charge in [-0.3, -0.25) is 0 Å². The molecule has 0 atom stereocenters. The first-order chi connectivity index (χ1) is 8.31. The van der Waals surface area contributed by atoms with Crippen LogP contribution in [0.2, 0.25) is 0 Å². The minimum Gasteiger partial charge on any atom is -0.330 e. The second-order valence-corrected chi connectivity index (χ2v) is 4.82. The largest absolute Gasteiger partial charge is 0.330 e. The van der Waals surface area contributed by atoms with Crippen molar-refractivity contribution in [2.24, 2.45) is 5.73 Å². The second kappa shape index (κ2) is 5.80. The van der Waals surface area contributed by atoms with E-state index >= 15 is 0 Å². The van der Waals surface area contributed by atoms with E-state index in [9.17, 15) is 0 Å². The van der Waals surface area contributed by atoms with Gasteiger partial charge in [0, 0.05) is 23.8 Å². The fraction of sp³-hybridized carbons (Fsp3) is 0.308. The van der Waals surface area contributed by atoms with Gasteiger partial charge in [-0.25, -0.2) is 4.98 Å². The average Bonchev–Trinajstić information content (AvgIpc) is 2.83. The summed E-state index contributed by atoms with van der Waals surface area (Å²) in [5.41, 5.74) is 8.04. The van der Waals surface area contributed by atoms with Gasteiger partial charge in [0.05, 0.1) is 0 Å². The zero-order chi connectivity index (χ0) is 12.1. The van der Waals surface area contributed by atoms with E-state index in [1.165, 1.54) is 11.3 Å². The lowest BCUT2D eigenvalue weighted by Crippen LogP contribution is -2.20. The number of nitrogens with two attached hydrogens (primary N) is 1. The van der Waals surface area contributed by atoms with Crippen molar-refractivity contribution in [1.82, 2.24) is 4.98 Å². The van der Waals surface area contributed by atoms with Crippen molar-refractivity contribution in [3.05, 3.63) is 41.4 Å². The normalized spacial score (nSPS) is 10.5. The Bertz CT molecular complexity index is 453. The third-order valence-electron chi connectivity index (χ3n) is 2.55. The quantitative estimate of drug-likeness (QED) is 0.883. The number of aryl methyl sites for hydroxylation is 1. The first-order valence-corrected chi connectivity index (χ1v) is 6.63. The van der Waals surface area contributed by atoms with Gasteiger partial charge in [0.1, 0.15) is 0 Å². The maximum absolute atomic E-state index is 5.59. The molecule has 0 bridgehead atoms. The Hall–Kier alpha value is -1.39. The predicted octanol–water partition coefficient (Wildman–Crippen LogP) is 2.94. The van der Waals surface area contributed by atoms with E-state index in [0.717, 1.165) is 18.1 Å². The Balaban J connectivity index is 2.27. The smallest absolute Gasteiger partial charge is 0.189 e. The van der Waals surface area contributed by atoms with E-state index in [4.69, 9.17) is 5.73 Å². The van der Waals surface area contributed by atoms with E-state index in [1.807, 2.05) is 11.6 Å². The van der Waals surface area contributed by atoms with Gasteiger partial charge in [0.25, 0.3) is 0 Å². The number of nitrogens with zero attached hydrogens (tertiary/aromatic N) is 2. The molecule has 3 nitrogen and oxygen atoms in total. The summed E-state index contributed by atoms with van der Waals surface area (Å²) < 4.78 is 0. The van der Waals surface area contributed by atoms with Crippen LogP contribution in [0, 0.1) is 6.92 Å². The van der Waals surface area contributed by atoms with Gasteiger partial charge in [-0.15, -0.1) is 11.3 Å². The highest BCUT2D eigenvalue weighted by Crippen LogP contribution is 2.27. The van der Waals surface area contributed by atoms with Crippen molar-refractivity contribution < 1.29 is 0 Å². The molecule has 0 saturated heterocycles. The average molecular weight is 247 g/mol. The van der Waals surface area contributed by atoms with Crippen molar-refractivity contribution in [2.45, 2.75) is 13.3 Å². The topological polar surface area (TPSA) is 42.1 Å². The minimum absolute atomic E-state index is 0.702. The maximum atomic E-state index is 5.59. The van der Waals surface area contributed by atoms with Crippen LogP contribution in [0.4, 0.5) is 10.8 Å². The highest BCUT2D eigenvalue weighted by Gasteiger charge is 2.10. The summed E-state index contributed by atoms with van der Waals surface area (Å²) in [6, 6.07) is 8.48. The summed E-state index contributed by atoms with van der Waals surface area (Å²) in [6.45, 7) is 3.72. The Labute approximate surface area is 106 Å². The molecule has 17 heavy (non-hydrogen) atoms. The van der Waals surface area contributed by atoms with Gasteiger partial charge in [-0.1, -0.05) is 12.1 Å². The molecule has 1 heterocycles. The first-order valence-electron chi connectivity index (χ1n) is 5.75. The summed E-state index contributed by atoms with van der Waals surface area (Å²) in [5, 5.41) is 3.03. The summed E-state index contributed by atoms with van der Waals surface area (Å²) in [6.07, 6.45) is 2.80. The minimum atomic E-state index is 0.702. The molecule has 1 aromatic carbocycles. The highest BCUT2D eigenvalue weighted by atomic mass is 32.1. The van der Waals surface area contributed by atoms with E-state index in [-0.39, 0.29) is 0 Å². The summed E-state index contributed by atoms with van der Waals surface area (Å²) in [7, 11) is 0. The van der Waals surface area contributed by atoms with Gasteiger partial charge >= 0.3 is 0 Å². The van der Waals surface area contributed by atoms with Crippen LogP contribution < -0.4 is 10.6 Å². The summed E-state index contributed by atoms with van der Waals surface area (Å²) >= 11 is 1.66. The van der Waals surface area contributed by atoms with Crippen LogP contribution in [0.1, 0.15) is 12.0 Å². The van der Waals surface area contributed by atoms with Crippen LogP contribution in [0.25, 0.3) is 0 Å². The molecule has 0 spiro atoms. The monoisotopic (exact) mass is 247 g/mol. The van der Waals surface area contributed by atoms with Crippen LogP contribution in [0.15, 0.2) is 35.8 Å². The zero-order valence-electron chi connectivity index (χ0n) is 9.97. The second-order valence-electron chi connectivity index (χ2n) is 3.95. The van der Waals surface area contributed by atoms with Crippen molar-refractivity contribution >= 4 is 22.2 Å². The Morgan fingerprint density at radius 2 is 2.29 bits per heavy atom. The van der Waals surface area contributed by atoms with Crippen LogP contribution in [0.5, 0.6) is 0 Å². The summed E-state index contributed by atoms with van der Waals surface area (Å²) in [4.78, 5) is 6.61. The van der Waals surface area contributed by atoms with Crippen molar-refractivity contribution in [3.63, 3.8) is 0 Å². The molecule has 0 aliphatic carbocycles. The van der Waals surface area contributed by atoms with Gasteiger partial charge in [-0.2, -0.15) is 0 Å². The lowest BCUT2D eigenvalue weighted by molar-refractivity contribution is 0.815. The van der Waals surface area contributed by atoms with Gasteiger partial charge in [0.15, 0.2) is 5.13 Å². The Morgan fingerprint density at radius 3 is 2.94 bits per heavy atom. The number of rotatable bonds is 5. The number of hydrogen-bond acceptors (Lipinski definition) is 4. The van der Waals surface area contributed by atoms with Gasteiger partial charge < -0.3 is 10.6 Å². The molecule has 4 heteroatoms. The Morgan fingerprint density at radius 1 is 1.41 bits per heavy atom. The fourth-order valence-electron chi connectivity index (χ4n) is 1.73. The highest BCUT2D eigenvalue weighted by molar-refractivity contribution is 7.13. The van der Waals surface area contributed by atoms with Gasteiger partial charge in [0.2, 0.25) is 0 Å². The van der Waals surface area contributed by atoms with Gasteiger partial charge in [-0.05, 0) is 37.6 Å². The first kappa shape index (κ1) is 12.1. The standard InChI is InChI=1S/C13H17N3S/c1-11-4-2-5-12(10-11)16(8-3-6-14)13-15-7-9-17-13/h2,4-5,7,9-10H,3,6,8,14H2,1H3. The van der Waals surface area contributed by atoms with E-state index in [2.05, 4.69) is 41.1 Å². The lowest BCUT2D eigenvalue weighted by atomic mass is 10.2.